The van der Waals surface area contributed by atoms with Crippen LogP contribution in [0.3, 0.4) is 0 Å². The lowest BCUT2D eigenvalue weighted by Gasteiger charge is -2.27. The normalized spacial score (nSPS) is 17.2. The Balaban J connectivity index is 1.76. The molecule has 154 valence electrons. The van der Waals surface area contributed by atoms with Gasteiger partial charge in [-0.05, 0) is 20.3 Å². The Kier molecular flexibility index (Phi) is 13.9. The van der Waals surface area contributed by atoms with Crippen LogP contribution in [0.5, 0.6) is 0 Å². The molecule has 0 spiro atoms. The minimum absolute atomic E-state index is 0.548. The Bertz CT molecular complexity index is 350. The Morgan fingerprint density at radius 1 is 0.692 bits per heavy atom. The molecule has 0 saturated heterocycles. The highest BCUT2D eigenvalue weighted by atomic mass is 15.4. The molecule has 0 N–H and O–H groups in total. The fourth-order valence-electron chi connectivity index (χ4n) is 4.05. The molecule has 0 aromatic rings. The van der Waals surface area contributed by atoms with E-state index in [1.165, 1.54) is 115 Å². The molecule has 2 nitrogen and oxygen atoms in total. The molecular formula is C24H48N2. The van der Waals surface area contributed by atoms with E-state index in [0.29, 0.717) is 6.17 Å². The zero-order chi connectivity index (χ0) is 19.0. The molecule has 2 heteroatoms. The second kappa shape index (κ2) is 15.4. The van der Waals surface area contributed by atoms with E-state index < -0.39 is 0 Å². The molecule has 0 fully saturated rings. The number of unbranched alkanes of at least 4 members (excludes halogenated alkanes) is 15. The first-order valence-corrected chi connectivity index (χ1v) is 11.8. The molecule has 1 aliphatic heterocycles. The van der Waals surface area contributed by atoms with Crippen LogP contribution in [0, 0.1) is 0 Å². The van der Waals surface area contributed by atoms with Gasteiger partial charge in [-0.1, -0.05) is 103 Å². The lowest BCUT2D eigenvalue weighted by Crippen LogP contribution is -2.34. The summed E-state index contributed by atoms with van der Waals surface area (Å²) >= 11 is 0. The smallest absolute Gasteiger partial charge is 0.0977 e. The minimum atomic E-state index is 0.548. The van der Waals surface area contributed by atoms with Crippen molar-refractivity contribution in [2.75, 3.05) is 13.6 Å². The maximum atomic E-state index is 2.50. The SMILES string of the molecule is CCCCCCCCCCCCCCCCCCN1C=C(C)N(C)C1C. The van der Waals surface area contributed by atoms with E-state index in [4.69, 9.17) is 0 Å². The third-order valence-corrected chi connectivity index (χ3v) is 6.22. The van der Waals surface area contributed by atoms with E-state index in [-0.39, 0.29) is 0 Å². The van der Waals surface area contributed by atoms with Gasteiger partial charge in [0.25, 0.3) is 0 Å². The van der Waals surface area contributed by atoms with Gasteiger partial charge in [0, 0.05) is 25.5 Å². The lowest BCUT2D eigenvalue weighted by atomic mass is 10.0. The second-order valence-corrected chi connectivity index (χ2v) is 8.55. The first kappa shape index (κ1) is 23.4. The van der Waals surface area contributed by atoms with Crippen LogP contribution in [-0.4, -0.2) is 29.6 Å². The minimum Gasteiger partial charge on any atom is -0.357 e. The largest absolute Gasteiger partial charge is 0.357 e. The van der Waals surface area contributed by atoms with Crippen LogP contribution in [-0.2, 0) is 0 Å². The molecule has 0 amide bonds. The van der Waals surface area contributed by atoms with E-state index in [9.17, 15) is 0 Å². The highest BCUT2D eigenvalue weighted by molar-refractivity contribution is 5.05. The highest BCUT2D eigenvalue weighted by Gasteiger charge is 2.21. The van der Waals surface area contributed by atoms with E-state index in [0.717, 1.165) is 0 Å². The van der Waals surface area contributed by atoms with Crippen molar-refractivity contribution in [1.29, 1.82) is 0 Å². The molecule has 1 atom stereocenters. The summed E-state index contributed by atoms with van der Waals surface area (Å²) in [7, 11) is 2.20. The van der Waals surface area contributed by atoms with Crippen molar-refractivity contribution < 1.29 is 0 Å². The zero-order valence-corrected chi connectivity index (χ0v) is 18.6. The van der Waals surface area contributed by atoms with Gasteiger partial charge >= 0.3 is 0 Å². The van der Waals surface area contributed by atoms with Gasteiger partial charge in [0.1, 0.15) is 0 Å². The van der Waals surface area contributed by atoms with Crippen LogP contribution >= 0.6 is 0 Å². The van der Waals surface area contributed by atoms with Gasteiger partial charge in [-0.25, -0.2) is 0 Å². The van der Waals surface area contributed by atoms with Gasteiger partial charge in [0.15, 0.2) is 0 Å². The number of rotatable bonds is 17. The summed E-state index contributed by atoms with van der Waals surface area (Å²) in [5.74, 6) is 0. The molecule has 0 saturated carbocycles. The molecule has 0 aromatic heterocycles. The Hall–Kier alpha value is -0.660. The summed E-state index contributed by atoms with van der Waals surface area (Å²) in [6.07, 6.45) is 26.0. The second-order valence-electron chi connectivity index (χ2n) is 8.55. The summed E-state index contributed by atoms with van der Waals surface area (Å²) < 4.78 is 0. The van der Waals surface area contributed by atoms with Gasteiger partial charge in [-0.2, -0.15) is 0 Å². The molecule has 26 heavy (non-hydrogen) atoms. The van der Waals surface area contributed by atoms with E-state index in [1.54, 1.807) is 0 Å². The quantitative estimate of drug-likeness (QED) is 0.244. The van der Waals surface area contributed by atoms with Crippen LogP contribution in [0.4, 0.5) is 0 Å². The van der Waals surface area contributed by atoms with Gasteiger partial charge in [-0.15, -0.1) is 0 Å². The first-order valence-electron chi connectivity index (χ1n) is 11.8. The standard InChI is InChI=1S/C24H48N2/c1-5-6-7-8-9-10-11-12-13-14-15-16-17-18-19-20-21-26-22-23(2)25(4)24(26)3/h22,24H,5-21H2,1-4H3. The van der Waals surface area contributed by atoms with Crippen LogP contribution in [0.25, 0.3) is 0 Å². The van der Waals surface area contributed by atoms with Crippen LogP contribution < -0.4 is 0 Å². The van der Waals surface area contributed by atoms with Gasteiger partial charge in [0.05, 0.1) is 6.17 Å². The van der Waals surface area contributed by atoms with Gasteiger partial charge < -0.3 is 9.80 Å². The van der Waals surface area contributed by atoms with Crippen molar-refractivity contribution in [2.45, 2.75) is 130 Å². The summed E-state index contributed by atoms with van der Waals surface area (Å²) in [6.45, 7) is 8.04. The first-order chi connectivity index (χ1) is 12.7. The molecule has 0 bridgehead atoms. The topological polar surface area (TPSA) is 6.48 Å². The van der Waals surface area contributed by atoms with Crippen LogP contribution in [0.2, 0.25) is 0 Å². The van der Waals surface area contributed by atoms with Gasteiger partial charge in [-0.3, -0.25) is 0 Å². The predicted octanol–water partition coefficient (Wildman–Crippen LogP) is 7.70. The lowest BCUT2D eigenvalue weighted by molar-refractivity contribution is 0.185. The Morgan fingerprint density at radius 2 is 1.08 bits per heavy atom. The van der Waals surface area contributed by atoms with Crippen molar-refractivity contribution in [2.24, 2.45) is 0 Å². The van der Waals surface area contributed by atoms with Crippen LogP contribution in [0.1, 0.15) is 124 Å². The molecule has 1 rings (SSSR count). The summed E-state index contributed by atoms with van der Waals surface area (Å²) in [5.41, 5.74) is 1.40. The third kappa shape index (κ3) is 10.5. The van der Waals surface area contributed by atoms with Crippen molar-refractivity contribution in [1.82, 2.24) is 9.80 Å². The van der Waals surface area contributed by atoms with Crippen molar-refractivity contribution in [3.63, 3.8) is 0 Å². The molecule has 1 unspecified atom stereocenters. The van der Waals surface area contributed by atoms with Crippen LogP contribution in [0.15, 0.2) is 11.9 Å². The molecule has 0 aromatic carbocycles. The summed E-state index contributed by atoms with van der Waals surface area (Å²) in [4.78, 5) is 4.87. The maximum absolute atomic E-state index is 2.50. The van der Waals surface area contributed by atoms with E-state index >= 15 is 0 Å². The summed E-state index contributed by atoms with van der Waals surface area (Å²) in [6, 6.07) is 0. The average Bonchev–Trinajstić information content (AvgIpc) is 2.88. The van der Waals surface area contributed by atoms with E-state index in [2.05, 4.69) is 43.8 Å². The zero-order valence-electron chi connectivity index (χ0n) is 18.6. The fraction of sp³-hybridized carbons (Fsp3) is 0.917. The Morgan fingerprint density at radius 3 is 1.42 bits per heavy atom. The number of allylic oxidation sites excluding steroid dienone is 1. The monoisotopic (exact) mass is 364 g/mol. The molecule has 1 aliphatic rings. The number of hydrogen-bond acceptors (Lipinski definition) is 2. The summed E-state index contributed by atoms with van der Waals surface area (Å²) in [5, 5.41) is 0. The molecular weight excluding hydrogens is 316 g/mol. The molecule has 0 aliphatic carbocycles. The fourth-order valence-corrected chi connectivity index (χ4v) is 4.05. The molecule has 0 radical (unpaired) electrons. The predicted molar refractivity (Wildman–Crippen MR) is 117 cm³/mol. The third-order valence-electron chi connectivity index (χ3n) is 6.22. The van der Waals surface area contributed by atoms with Crippen molar-refractivity contribution in [3.05, 3.63) is 11.9 Å². The van der Waals surface area contributed by atoms with Gasteiger partial charge in [0.2, 0.25) is 0 Å². The highest BCUT2D eigenvalue weighted by Crippen LogP contribution is 2.20. The average molecular weight is 365 g/mol. The van der Waals surface area contributed by atoms with Crippen molar-refractivity contribution >= 4 is 0 Å². The number of nitrogens with zero attached hydrogens (tertiary/aromatic N) is 2. The van der Waals surface area contributed by atoms with E-state index in [1.807, 2.05) is 0 Å². The number of hydrogen-bond donors (Lipinski definition) is 0. The molecule has 1 heterocycles. The Labute approximate surface area is 165 Å². The van der Waals surface area contributed by atoms with Crippen molar-refractivity contribution in [3.8, 4) is 0 Å². The maximum Gasteiger partial charge on any atom is 0.0977 e.